The van der Waals surface area contributed by atoms with Gasteiger partial charge in [0.1, 0.15) is 0 Å². The topological polar surface area (TPSA) is 57.6 Å². The molecule has 1 aliphatic rings. The van der Waals surface area contributed by atoms with E-state index in [2.05, 4.69) is 15.9 Å². The monoisotopic (exact) mass is 339 g/mol. The molecule has 1 saturated carbocycles. The molecule has 1 aliphatic carbocycles. The van der Waals surface area contributed by atoms with Crippen LogP contribution in [0.5, 0.6) is 0 Å². The van der Waals surface area contributed by atoms with Crippen LogP contribution in [0.15, 0.2) is 28.7 Å². The molecule has 0 heterocycles. The second-order valence-corrected chi connectivity index (χ2v) is 5.98. The molecule has 2 atom stereocenters. The van der Waals surface area contributed by atoms with Crippen molar-refractivity contribution in [2.75, 3.05) is 13.1 Å². The lowest BCUT2D eigenvalue weighted by atomic mass is 10.1. The maximum atomic E-state index is 12.3. The molecule has 20 heavy (non-hydrogen) atoms. The molecule has 0 saturated heterocycles. The molecule has 0 radical (unpaired) electrons. The van der Waals surface area contributed by atoms with Gasteiger partial charge in [-0.2, -0.15) is 0 Å². The van der Waals surface area contributed by atoms with Crippen LogP contribution < -0.4 is 0 Å². The summed E-state index contributed by atoms with van der Waals surface area (Å²) in [5.41, 5.74) is 1.18. The van der Waals surface area contributed by atoms with Crippen molar-refractivity contribution in [1.82, 2.24) is 4.90 Å². The van der Waals surface area contributed by atoms with Crippen molar-refractivity contribution >= 4 is 27.8 Å². The molecular formula is C15H18BrNO3. The van der Waals surface area contributed by atoms with E-state index in [0.29, 0.717) is 13.1 Å². The summed E-state index contributed by atoms with van der Waals surface area (Å²) in [4.78, 5) is 24.6. The van der Waals surface area contributed by atoms with Crippen LogP contribution in [0.3, 0.4) is 0 Å². The number of amides is 1. The number of carboxylic acids is 1. The summed E-state index contributed by atoms with van der Waals surface area (Å²) >= 11 is 3.40. The van der Waals surface area contributed by atoms with Crippen LogP contribution in [-0.2, 0) is 9.59 Å². The Hall–Kier alpha value is -1.36. The van der Waals surface area contributed by atoms with E-state index in [4.69, 9.17) is 5.11 Å². The standard InChI is InChI=1S/C15H18BrNO3/c1-2-17(8-7-14(18)19)15(20)13-9-12(13)10-3-5-11(16)6-4-10/h3-6,12-13H,2,7-9H2,1H3,(H,18,19). The van der Waals surface area contributed by atoms with Gasteiger partial charge in [-0.3, -0.25) is 9.59 Å². The van der Waals surface area contributed by atoms with Crippen molar-refractivity contribution in [3.63, 3.8) is 0 Å². The first-order valence-electron chi connectivity index (χ1n) is 6.79. The fourth-order valence-electron chi connectivity index (χ4n) is 2.44. The highest BCUT2D eigenvalue weighted by atomic mass is 79.9. The zero-order valence-corrected chi connectivity index (χ0v) is 13.0. The summed E-state index contributed by atoms with van der Waals surface area (Å²) in [6.45, 7) is 2.75. The average molecular weight is 340 g/mol. The Kier molecular flexibility index (Phi) is 4.81. The minimum Gasteiger partial charge on any atom is -0.481 e. The van der Waals surface area contributed by atoms with Crippen LogP contribution in [0.25, 0.3) is 0 Å². The number of halogens is 1. The minimum absolute atomic E-state index is 0.00918. The molecule has 2 unspecified atom stereocenters. The predicted octanol–water partition coefficient (Wildman–Crippen LogP) is 2.88. The van der Waals surface area contributed by atoms with Gasteiger partial charge in [-0.15, -0.1) is 0 Å². The lowest BCUT2D eigenvalue weighted by molar-refractivity contribution is -0.138. The molecule has 108 valence electrons. The summed E-state index contributed by atoms with van der Waals surface area (Å²) in [6, 6.07) is 8.04. The van der Waals surface area contributed by atoms with E-state index in [1.54, 1.807) is 4.90 Å². The van der Waals surface area contributed by atoms with E-state index in [-0.39, 0.29) is 24.2 Å². The molecule has 0 spiro atoms. The highest BCUT2D eigenvalue weighted by Crippen LogP contribution is 2.48. The van der Waals surface area contributed by atoms with Gasteiger partial charge in [-0.1, -0.05) is 28.1 Å². The van der Waals surface area contributed by atoms with Gasteiger partial charge in [-0.25, -0.2) is 0 Å². The Labute approximate surface area is 126 Å². The number of carboxylic acid groups (broad SMARTS) is 1. The number of rotatable bonds is 6. The Bertz CT molecular complexity index is 500. The molecule has 2 rings (SSSR count). The predicted molar refractivity (Wildman–Crippen MR) is 79.5 cm³/mol. The summed E-state index contributed by atoms with van der Waals surface area (Å²) < 4.78 is 1.03. The smallest absolute Gasteiger partial charge is 0.305 e. The van der Waals surface area contributed by atoms with Gasteiger partial charge >= 0.3 is 5.97 Å². The highest BCUT2D eigenvalue weighted by Gasteiger charge is 2.45. The Morgan fingerprint density at radius 1 is 1.35 bits per heavy atom. The number of aliphatic carboxylic acids is 1. The van der Waals surface area contributed by atoms with Gasteiger partial charge in [0.15, 0.2) is 0 Å². The number of carbonyl (C=O) groups excluding carboxylic acids is 1. The van der Waals surface area contributed by atoms with Crippen molar-refractivity contribution in [3.05, 3.63) is 34.3 Å². The molecule has 4 nitrogen and oxygen atoms in total. The van der Waals surface area contributed by atoms with Crippen molar-refractivity contribution in [2.24, 2.45) is 5.92 Å². The summed E-state index contributed by atoms with van der Waals surface area (Å²) in [6.07, 6.45) is 0.874. The van der Waals surface area contributed by atoms with Gasteiger partial charge in [0.2, 0.25) is 5.91 Å². The number of hydrogen-bond acceptors (Lipinski definition) is 2. The van der Waals surface area contributed by atoms with Gasteiger partial charge in [-0.05, 0) is 37.0 Å². The number of nitrogens with zero attached hydrogens (tertiary/aromatic N) is 1. The zero-order chi connectivity index (χ0) is 14.7. The highest BCUT2D eigenvalue weighted by molar-refractivity contribution is 9.10. The summed E-state index contributed by atoms with van der Waals surface area (Å²) in [5, 5.41) is 8.71. The van der Waals surface area contributed by atoms with Gasteiger partial charge in [0.25, 0.3) is 0 Å². The van der Waals surface area contributed by atoms with Crippen molar-refractivity contribution < 1.29 is 14.7 Å². The lowest BCUT2D eigenvalue weighted by Gasteiger charge is -2.20. The second-order valence-electron chi connectivity index (χ2n) is 5.06. The van der Waals surface area contributed by atoms with Crippen LogP contribution in [0.2, 0.25) is 0 Å². The first-order chi connectivity index (χ1) is 9.52. The summed E-state index contributed by atoms with van der Waals surface area (Å²) in [5.74, 6) is -0.474. The Balaban J connectivity index is 1.94. The third kappa shape index (κ3) is 3.60. The van der Waals surface area contributed by atoms with Crippen LogP contribution in [-0.4, -0.2) is 35.0 Å². The van der Waals surface area contributed by atoms with E-state index in [0.717, 1.165) is 10.9 Å². The Morgan fingerprint density at radius 3 is 2.55 bits per heavy atom. The van der Waals surface area contributed by atoms with E-state index in [1.165, 1.54) is 5.56 Å². The minimum atomic E-state index is -0.864. The van der Waals surface area contributed by atoms with Gasteiger partial charge < -0.3 is 10.0 Å². The molecule has 1 N–H and O–H groups in total. The normalized spacial score (nSPS) is 20.5. The van der Waals surface area contributed by atoms with E-state index >= 15 is 0 Å². The molecule has 1 fully saturated rings. The molecule has 1 aromatic rings. The maximum Gasteiger partial charge on any atom is 0.305 e. The average Bonchev–Trinajstić information content (AvgIpc) is 3.20. The molecule has 0 aromatic heterocycles. The Morgan fingerprint density at radius 2 is 2.00 bits per heavy atom. The SMILES string of the molecule is CCN(CCC(=O)O)C(=O)C1CC1c1ccc(Br)cc1. The van der Waals surface area contributed by atoms with Crippen LogP contribution in [0.4, 0.5) is 0 Å². The van der Waals surface area contributed by atoms with Crippen LogP contribution >= 0.6 is 15.9 Å². The third-order valence-corrected chi connectivity index (χ3v) is 4.22. The molecule has 1 aromatic carbocycles. The fraction of sp³-hybridized carbons (Fsp3) is 0.467. The maximum absolute atomic E-state index is 12.3. The largest absolute Gasteiger partial charge is 0.481 e. The third-order valence-electron chi connectivity index (χ3n) is 3.69. The quantitative estimate of drug-likeness (QED) is 0.866. The number of benzene rings is 1. The lowest BCUT2D eigenvalue weighted by Crippen LogP contribution is -2.34. The summed E-state index contributed by atoms with van der Waals surface area (Å²) in [7, 11) is 0. The van der Waals surface area contributed by atoms with Gasteiger partial charge in [0.05, 0.1) is 6.42 Å². The first-order valence-corrected chi connectivity index (χ1v) is 7.58. The van der Waals surface area contributed by atoms with Crippen LogP contribution in [0, 0.1) is 5.92 Å². The molecule has 0 aliphatic heterocycles. The number of carbonyl (C=O) groups is 2. The fourth-order valence-corrected chi connectivity index (χ4v) is 2.70. The second kappa shape index (κ2) is 6.39. The number of hydrogen-bond donors (Lipinski definition) is 1. The molecule has 5 heteroatoms. The zero-order valence-electron chi connectivity index (χ0n) is 11.4. The van der Waals surface area contributed by atoms with Crippen LogP contribution in [0.1, 0.15) is 31.2 Å². The first kappa shape index (κ1) is 15.0. The molecule has 1 amide bonds. The van der Waals surface area contributed by atoms with Crippen molar-refractivity contribution in [1.29, 1.82) is 0 Å². The van der Waals surface area contributed by atoms with Gasteiger partial charge in [0, 0.05) is 23.5 Å². The van der Waals surface area contributed by atoms with Crippen molar-refractivity contribution in [3.8, 4) is 0 Å². The van der Waals surface area contributed by atoms with E-state index < -0.39 is 5.97 Å². The van der Waals surface area contributed by atoms with Crippen molar-refractivity contribution in [2.45, 2.75) is 25.7 Å². The van der Waals surface area contributed by atoms with E-state index in [1.807, 2.05) is 31.2 Å². The van der Waals surface area contributed by atoms with E-state index in [9.17, 15) is 9.59 Å². The molecular weight excluding hydrogens is 322 g/mol. The molecule has 0 bridgehead atoms.